The molecule has 0 spiro atoms. The topological polar surface area (TPSA) is 41.6 Å². The average Bonchev–Trinajstić information content (AvgIpc) is 2.17. The number of carbonyl (C=O) groups excluding carboxylic acids is 1. The zero-order valence-electron chi connectivity index (χ0n) is 7.67. The molecule has 0 aromatic carbocycles. The maximum Gasteiger partial charge on any atom is 0.250 e. The van der Waals surface area contributed by atoms with Crippen LogP contribution in [0.3, 0.4) is 0 Å². The molecule has 1 aliphatic rings. The number of carbonyl (C=O) groups is 1. The number of piperidine rings is 1. The second kappa shape index (κ2) is 4.42. The Balaban J connectivity index is 2.39. The van der Waals surface area contributed by atoms with Crippen LogP contribution in [0.4, 0.5) is 0 Å². The summed E-state index contributed by atoms with van der Waals surface area (Å²) in [5.41, 5.74) is 0. The third-order valence-electron chi connectivity index (χ3n) is 2.23. The SMILES string of the molecule is CON(C)C(=O)[C@@H]1CCCNC1. The van der Waals surface area contributed by atoms with E-state index in [0.717, 1.165) is 25.9 Å². The van der Waals surface area contributed by atoms with Crippen LogP contribution in [-0.2, 0) is 9.63 Å². The highest BCUT2D eigenvalue weighted by Gasteiger charge is 2.23. The summed E-state index contributed by atoms with van der Waals surface area (Å²) in [5.74, 6) is 0.174. The average molecular weight is 172 g/mol. The fourth-order valence-electron chi connectivity index (χ4n) is 1.41. The van der Waals surface area contributed by atoms with Crippen LogP contribution in [0.15, 0.2) is 0 Å². The number of hydrogen-bond acceptors (Lipinski definition) is 3. The third kappa shape index (κ3) is 2.19. The summed E-state index contributed by atoms with van der Waals surface area (Å²) in [5, 5.41) is 4.49. The molecule has 70 valence electrons. The van der Waals surface area contributed by atoms with Crippen molar-refractivity contribution in [3.05, 3.63) is 0 Å². The molecule has 1 saturated heterocycles. The third-order valence-corrected chi connectivity index (χ3v) is 2.23. The maximum absolute atomic E-state index is 11.5. The monoisotopic (exact) mass is 172 g/mol. The maximum atomic E-state index is 11.5. The van der Waals surface area contributed by atoms with Crippen LogP contribution in [-0.4, -0.2) is 38.2 Å². The molecule has 0 aliphatic carbocycles. The molecule has 1 atom stereocenters. The number of hydroxylamine groups is 2. The minimum atomic E-state index is 0.0738. The number of rotatable bonds is 2. The Hall–Kier alpha value is -0.610. The van der Waals surface area contributed by atoms with E-state index in [4.69, 9.17) is 4.84 Å². The van der Waals surface area contributed by atoms with Gasteiger partial charge in [0.25, 0.3) is 0 Å². The molecule has 0 saturated carbocycles. The van der Waals surface area contributed by atoms with Gasteiger partial charge in [0.15, 0.2) is 0 Å². The molecule has 0 bridgehead atoms. The summed E-state index contributed by atoms with van der Waals surface area (Å²) < 4.78 is 0. The first-order chi connectivity index (χ1) is 5.75. The van der Waals surface area contributed by atoms with E-state index >= 15 is 0 Å². The van der Waals surface area contributed by atoms with Gasteiger partial charge in [-0.3, -0.25) is 9.63 Å². The fraction of sp³-hybridized carbons (Fsp3) is 0.875. The minimum absolute atomic E-state index is 0.0738. The van der Waals surface area contributed by atoms with Gasteiger partial charge in [0.2, 0.25) is 5.91 Å². The van der Waals surface area contributed by atoms with Crippen molar-refractivity contribution in [2.45, 2.75) is 12.8 Å². The van der Waals surface area contributed by atoms with E-state index in [9.17, 15) is 4.79 Å². The van der Waals surface area contributed by atoms with Crippen LogP contribution in [0.2, 0.25) is 0 Å². The first-order valence-corrected chi connectivity index (χ1v) is 4.28. The molecule has 1 amide bonds. The first-order valence-electron chi connectivity index (χ1n) is 4.28. The van der Waals surface area contributed by atoms with Gasteiger partial charge in [0.05, 0.1) is 13.0 Å². The van der Waals surface area contributed by atoms with E-state index in [1.807, 2.05) is 0 Å². The Morgan fingerprint density at radius 2 is 2.42 bits per heavy atom. The van der Waals surface area contributed by atoms with Gasteiger partial charge in [-0.2, -0.15) is 0 Å². The molecule has 4 heteroatoms. The molecule has 1 aliphatic heterocycles. The van der Waals surface area contributed by atoms with Crippen LogP contribution in [0.1, 0.15) is 12.8 Å². The lowest BCUT2D eigenvalue weighted by Gasteiger charge is -2.25. The zero-order chi connectivity index (χ0) is 8.97. The highest BCUT2D eigenvalue weighted by Crippen LogP contribution is 2.12. The van der Waals surface area contributed by atoms with Gasteiger partial charge in [-0.25, -0.2) is 5.06 Å². The molecule has 1 N–H and O–H groups in total. The summed E-state index contributed by atoms with van der Waals surface area (Å²) in [6, 6.07) is 0. The van der Waals surface area contributed by atoms with Crippen LogP contribution in [0.25, 0.3) is 0 Å². The van der Waals surface area contributed by atoms with E-state index in [1.165, 1.54) is 12.2 Å². The number of nitrogens with one attached hydrogen (secondary N) is 1. The van der Waals surface area contributed by atoms with Gasteiger partial charge < -0.3 is 5.32 Å². The van der Waals surface area contributed by atoms with Crippen molar-refractivity contribution < 1.29 is 9.63 Å². The number of hydrogen-bond donors (Lipinski definition) is 1. The lowest BCUT2D eigenvalue weighted by molar-refractivity contribution is -0.173. The molecule has 0 unspecified atom stereocenters. The predicted octanol–water partition coefficient (Wildman–Crippen LogP) is 0.00580. The van der Waals surface area contributed by atoms with Gasteiger partial charge in [-0.15, -0.1) is 0 Å². The van der Waals surface area contributed by atoms with Gasteiger partial charge in [-0.05, 0) is 19.4 Å². The Morgan fingerprint density at radius 3 is 2.92 bits per heavy atom. The summed E-state index contributed by atoms with van der Waals surface area (Å²) in [6.07, 6.45) is 2.05. The standard InChI is InChI=1S/C8H16N2O2/c1-10(12-2)8(11)7-4-3-5-9-6-7/h7,9H,3-6H2,1-2H3/t7-/m1/s1. The van der Waals surface area contributed by atoms with E-state index in [-0.39, 0.29) is 11.8 Å². The summed E-state index contributed by atoms with van der Waals surface area (Å²) in [6.45, 7) is 1.81. The minimum Gasteiger partial charge on any atom is -0.316 e. The van der Waals surface area contributed by atoms with Crippen LogP contribution < -0.4 is 5.32 Å². The van der Waals surface area contributed by atoms with E-state index in [0.29, 0.717) is 0 Å². The first kappa shape index (κ1) is 9.48. The molecule has 0 aromatic heterocycles. The second-order valence-electron chi connectivity index (χ2n) is 3.06. The molecule has 0 radical (unpaired) electrons. The highest BCUT2D eigenvalue weighted by molar-refractivity contribution is 5.77. The number of amides is 1. The van der Waals surface area contributed by atoms with Crippen molar-refractivity contribution in [2.75, 3.05) is 27.2 Å². The predicted molar refractivity (Wildman–Crippen MR) is 45.4 cm³/mol. The van der Waals surface area contributed by atoms with Crippen LogP contribution >= 0.6 is 0 Å². The quantitative estimate of drug-likeness (QED) is 0.596. The Morgan fingerprint density at radius 1 is 1.67 bits per heavy atom. The Bertz CT molecular complexity index is 155. The fourth-order valence-corrected chi connectivity index (χ4v) is 1.41. The normalized spacial score (nSPS) is 23.7. The molecule has 1 rings (SSSR count). The molecule has 1 heterocycles. The van der Waals surface area contributed by atoms with Gasteiger partial charge >= 0.3 is 0 Å². The molecular weight excluding hydrogens is 156 g/mol. The van der Waals surface area contributed by atoms with E-state index in [2.05, 4.69) is 5.32 Å². The van der Waals surface area contributed by atoms with Crippen molar-refractivity contribution >= 4 is 5.91 Å². The smallest absolute Gasteiger partial charge is 0.250 e. The van der Waals surface area contributed by atoms with Gasteiger partial charge in [-0.1, -0.05) is 0 Å². The molecule has 0 aromatic rings. The second-order valence-corrected chi connectivity index (χ2v) is 3.06. The van der Waals surface area contributed by atoms with Crippen LogP contribution in [0.5, 0.6) is 0 Å². The summed E-state index contributed by atoms with van der Waals surface area (Å²) >= 11 is 0. The largest absolute Gasteiger partial charge is 0.316 e. The van der Waals surface area contributed by atoms with Crippen molar-refractivity contribution in [1.29, 1.82) is 0 Å². The molecule has 4 nitrogen and oxygen atoms in total. The summed E-state index contributed by atoms with van der Waals surface area (Å²) in [7, 11) is 3.16. The molecule has 12 heavy (non-hydrogen) atoms. The van der Waals surface area contributed by atoms with Crippen molar-refractivity contribution in [2.24, 2.45) is 5.92 Å². The van der Waals surface area contributed by atoms with Gasteiger partial charge in [0, 0.05) is 13.6 Å². The van der Waals surface area contributed by atoms with Crippen molar-refractivity contribution in [3.8, 4) is 0 Å². The van der Waals surface area contributed by atoms with Crippen LogP contribution in [0, 0.1) is 5.92 Å². The molecular formula is C8H16N2O2. The Labute approximate surface area is 72.8 Å². The molecule has 1 fully saturated rings. The summed E-state index contributed by atoms with van der Waals surface area (Å²) in [4.78, 5) is 16.3. The van der Waals surface area contributed by atoms with Gasteiger partial charge in [0.1, 0.15) is 0 Å². The van der Waals surface area contributed by atoms with Crippen molar-refractivity contribution in [3.63, 3.8) is 0 Å². The van der Waals surface area contributed by atoms with E-state index < -0.39 is 0 Å². The zero-order valence-corrected chi connectivity index (χ0v) is 7.67. The lowest BCUT2D eigenvalue weighted by Crippen LogP contribution is -2.40. The lowest BCUT2D eigenvalue weighted by atomic mass is 9.99. The van der Waals surface area contributed by atoms with E-state index in [1.54, 1.807) is 7.05 Å². The highest BCUT2D eigenvalue weighted by atomic mass is 16.7. The Kier molecular flexibility index (Phi) is 3.49. The number of nitrogens with zero attached hydrogens (tertiary/aromatic N) is 1. The van der Waals surface area contributed by atoms with Crippen molar-refractivity contribution in [1.82, 2.24) is 10.4 Å².